The molecular weight excluding hydrogens is 346 g/mol. The predicted molar refractivity (Wildman–Crippen MR) is 103 cm³/mol. The van der Waals surface area contributed by atoms with Gasteiger partial charge in [-0.2, -0.15) is 0 Å². The number of benzene rings is 1. The van der Waals surface area contributed by atoms with E-state index in [9.17, 15) is 4.79 Å². The van der Waals surface area contributed by atoms with Gasteiger partial charge in [-0.3, -0.25) is 4.79 Å². The molecule has 0 aliphatic heterocycles. The maximum absolute atomic E-state index is 15.9. The van der Waals surface area contributed by atoms with Crippen LogP contribution in [0, 0.1) is 11.8 Å². The molecule has 2 fully saturated rings. The Balaban J connectivity index is 1.93. The fourth-order valence-electron chi connectivity index (χ4n) is 5.49. The lowest BCUT2D eigenvalue weighted by atomic mass is 9.59. The molecule has 2 aliphatic rings. The summed E-state index contributed by atoms with van der Waals surface area (Å²) in [5, 5.41) is 0. The highest BCUT2D eigenvalue weighted by Gasteiger charge is 2.53. The van der Waals surface area contributed by atoms with E-state index in [4.69, 9.17) is 8.85 Å². The molecule has 2 nitrogen and oxygen atoms in total. The second-order valence-corrected chi connectivity index (χ2v) is 8.24. The maximum Gasteiger partial charge on any atom is 0.308 e. The van der Waals surface area contributed by atoms with Crippen LogP contribution in [0.5, 0.6) is 5.75 Å². The summed E-state index contributed by atoms with van der Waals surface area (Å²) >= 11 is 0. The molecule has 1 aromatic carbocycles. The van der Waals surface area contributed by atoms with Gasteiger partial charge in [-0.05, 0) is 37.2 Å². The zero-order chi connectivity index (χ0) is 21.9. The molecule has 0 bridgehead atoms. The average Bonchev–Trinajstić information content (AvgIpc) is 2.72. The molecule has 0 N–H and O–H groups in total. The van der Waals surface area contributed by atoms with E-state index in [0.717, 1.165) is 25.7 Å². The summed E-state index contributed by atoms with van der Waals surface area (Å²) in [4.78, 5) is 12.0. The number of hydrogen-bond donors (Lipinski definition) is 0. The Morgan fingerprint density at radius 1 is 1.22 bits per heavy atom. The first-order chi connectivity index (χ1) is 14.2. The van der Waals surface area contributed by atoms with Crippen LogP contribution in [0.2, 0.25) is 0 Å². The lowest BCUT2D eigenvalue weighted by Crippen LogP contribution is -2.51. The minimum Gasteiger partial charge on any atom is -0.426 e. The molecule has 150 valence electrons. The number of ether oxygens (including phenoxy) is 1. The van der Waals surface area contributed by atoms with Crippen molar-refractivity contribution in [2.45, 2.75) is 89.3 Å². The third-order valence-corrected chi connectivity index (χ3v) is 6.72. The van der Waals surface area contributed by atoms with Gasteiger partial charge in [0.2, 0.25) is 0 Å². The first-order valence-corrected chi connectivity index (χ1v) is 10.3. The van der Waals surface area contributed by atoms with Gasteiger partial charge in [0, 0.05) is 21.9 Å². The number of halogens is 2. The highest BCUT2D eigenvalue weighted by molar-refractivity contribution is 5.70. The zero-order valence-corrected chi connectivity index (χ0v) is 16.1. The van der Waals surface area contributed by atoms with Crippen LogP contribution in [-0.4, -0.2) is 18.3 Å². The van der Waals surface area contributed by atoms with Crippen LogP contribution in [0.25, 0.3) is 0 Å². The van der Waals surface area contributed by atoms with Gasteiger partial charge in [0.25, 0.3) is 0 Å². The van der Waals surface area contributed by atoms with Gasteiger partial charge in [0.1, 0.15) is 18.1 Å². The van der Waals surface area contributed by atoms with Gasteiger partial charge in [-0.1, -0.05) is 63.6 Å². The number of esters is 1. The summed E-state index contributed by atoms with van der Waals surface area (Å²) < 4.78 is 58.4. The zero-order valence-electron chi connectivity index (χ0n) is 19.1. The predicted octanol–water partition coefficient (Wildman–Crippen LogP) is 6.32. The lowest BCUT2D eigenvalue weighted by Gasteiger charge is -2.48. The smallest absolute Gasteiger partial charge is 0.308 e. The normalized spacial score (nSPS) is 34.3. The van der Waals surface area contributed by atoms with Gasteiger partial charge in [-0.15, -0.1) is 0 Å². The van der Waals surface area contributed by atoms with Crippen molar-refractivity contribution in [2.75, 3.05) is 0 Å². The number of carbonyl (C=O) groups is 1. The molecule has 3 rings (SSSR count). The third kappa shape index (κ3) is 4.05. The number of para-hydroxylation sites is 1. The van der Waals surface area contributed by atoms with Gasteiger partial charge >= 0.3 is 5.97 Å². The molecule has 4 heteroatoms. The minimum atomic E-state index is -2.92. The molecule has 0 aromatic heterocycles. The van der Waals surface area contributed by atoms with Gasteiger partial charge in [0.15, 0.2) is 0 Å². The standard InChI is InChI=1S/C23H32F2O2/c1-3-14-23(19-11-7-8-12-20(19)27-16(2)26)15-13-18(21(24)22(23)25)17-9-5-4-6-10-17/h7-8,11-12,17-18,21-22H,3-6,9-10,13-15H2,1-2H3/i2D3. The van der Waals surface area contributed by atoms with Crippen molar-refractivity contribution >= 4 is 5.97 Å². The second-order valence-electron chi connectivity index (χ2n) is 8.24. The number of hydrogen-bond acceptors (Lipinski definition) is 2. The summed E-state index contributed by atoms with van der Waals surface area (Å²) in [5.41, 5.74) is -0.716. The molecule has 0 heterocycles. The van der Waals surface area contributed by atoms with E-state index >= 15 is 8.78 Å². The summed E-state index contributed by atoms with van der Waals surface area (Å²) in [7, 11) is 0. The maximum atomic E-state index is 15.9. The monoisotopic (exact) mass is 381 g/mol. The Hall–Kier alpha value is -1.45. The Morgan fingerprint density at radius 2 is 1.96 bits per heavy atom. The van der Waals surface area contributed by atoms with Crippen LogP contribution in [0.3, 0.4) is 0 Å². The van der Waals surface area contributed by atoms with Crippen molar-refractivity contribution in [3.05, 3.63) is 29.8 Å². The molecule has 4 unspecified atom stereocenters. The van der Waals surface area contributed by atoms with Gasteiger partial charge in [0.05, 0.1) is 0 Å². The Kier molecular flexibility index (Phi) is 5.32. The largest absolute Gasteiger partial charge is 0.426 e. The van der Waals surface area contributed by atoms with Crippen molar-refractivity contribution in [3.8, 4) is 5.75 Å². The minimum absolute atomic E-state index is 0.0260. The highest BCUT2D eigenvalue weighted by atomic mass is 19.2. The summed E-state index contributed by atoms with van der Waals surface area (Å²) in [6.07, 6.45) is 4.08. The van der Waals surface area contributed by atoms with E-state index in [-0.39, 0.29) is 17.6 Å². The van der Waals surface area contributed by atoms with Crippen LogP contribution in [-0.2, 0) is 10.2 Å². The van der Waals surface area contributed by atoms with Gasteiger partial charge in [-0.25, -0.2) is 8.78 Å². The molecule has 0 saturated heterocycles. The van der Waals surface area contributed by atoms with Crippen molar-refractivity contribution in [3.63, 3.8) is 0 Å². The molecular formula is C23H32F2O2. The third-order valence-electron chi connectivity index (χ3n) is 6.72. The highest BCUT2D eigenvalue weighted by Crippen LogP contribution is 2.52. The first kappa shape index (κ1) is 16.5. The molecule has 1 aromatic rings. The molecule has 2 aliphatic carbocycles. The van der Waals surface area contributed by atoms with Crippen LogP contribution >= 0.6 is 0 Å². The Bertz CT molecular complexity index is 733. The SMILES string of the molecule is [2H]C([2H])([2H])C(=O)Oc1ccccc1C1(CCC)CCC(C2CCCCC2)C(F)C1F. The van der Waals surface area contributed by atoms with Crippen LogP contribution in [0.15, 0.2) is 24.3 Å². The summed E-state index contributed by atoms with van der Waals surface area (Å²) in [6.45, 7) is -0.993. The van der Waals surface area contributed by atoms with Crippen LogP contribution < -0.4 is 4.74 Å². The Morgan fingerprint density at radius 3 is 2.67 bits per heavy atom. The van der Waals surface area contributed by atoms with E-state index in [1.165, 1.54) is 12.5 Å². The number of alkyl halides is 2. The van der Waals surface area contributed by atoms with E-state index in [1.807, 2.05) is 6.92 Å². The van der Waals surface area contributed by atoms with E-state index in [2.05, 4.69) is 0 Å². The van der Waals surface area contributed by atoms with Crippen LogP contribution in [0.1, 0.15) is 81.2 Å². The van der Waals surface area contributed by atoms with E-state index in [0.29, 0.717) is 31.2 Å². The van der Waals surface area contributed by atoms with Gasteiger partial charge < -0.3 is 4.74 Å². The first-order valence-electron chi connectivity index (χ1n) is 11.8. The quantitative estimate of drug-likeness (QED) is 0.441. The van der Waals surface area contributed by atoms with Crippen molar-refractivity contribution in [2.24, 2.45) is 11.8 Å². The molecule has 2 saturated carbocycles. The summed E-state index contributed by atoms with van der Waals surface area (Å²) in [6, 6.07) is 6.44. The second kappa shape index (κ2) is 8.70. The van der Waals surface area contributed by atoms with Crippen molar-refractivity contribution < 1.29 is 22.4 Å². The molecule has 0 spiro atoms. The molecule has 27 heavy (non-hydrogen) atoms. The van der Waals surface area contributed by atoms with E-state index < -0.39 is 30.6 Å². The van der Waals surface area contributed by atoms with Crippen molar-refractivity contribution in [1.29, 1.82) is 0 Å². The lowest BCUT2D eigenvalue weighted by molar-refractivity contribution is -0.132. The summed E-state index contributed by atoms with van der Waals surface area (Å²) in [5.74, 6) is -1.37. The molecule has 0 amide bonds. The average molecular weight is 382 g/mol. The topological polar surface area (TPSA) is 26.3 Å². The van der Waals surface area contributed by atoms with Crippen molar-refractivity contribution in [1.82, 2.24) is 0 Å². The Labute approximate surface area is 165 Å². The molecule has 0 radical (unpaired) electrons. The fraction of sp³-hybridized carbons (Fsp3) is 0.696. The number of rotatable bonds is 5. The van der Waals surface area contributed by atoms with E-state index in [1.54, 1.807) is 18.2 Å². The molecule has 4 atom stereocenters. The van der Waals surface area contributed by atoms with Crippen LogP contribution in [0.4, 0.5) is 8.78 Å². The fourth-order valence-corrected chi connectivity index (χ4v) is 5.49. The number of carbonyl (C=O) groups excluding carboxylic acids is 1.